The van der Waals surface area contributed by atoms with E-state index in [2.05, 4.69) is 31.0 Å². The number of piperidine rings is 1. The summed E-state index contributed by atoms with van der Waals surface area (Å²) in [5, 5.41) is 2.85. The third-order valence-electron chi connectivity index (χ3n) is 6.00. The average Bonchev–Trinajstić information content (AvgIpc) is 2.65. The van der Waals surface area contributed by atoms with Gasteiger partial charge in [-0.25, -0.2) is 4.79 Å². The molecule has 2 saturated heterocycles. The van der Waals surface area contributed by atoms with Gasteiger partial charge < -0.3 is 10.1 Å². The van der Waals surface area contributed by atoms with Crippen LogP contribution in [0.5, 0.6) is 0 Å². The standard InChI is InChI=1S/C21H34N4O4S/c1-21(2,3)24-14-19(15-24)23(4)30(27,28)25-12-10-18(11-13-25)22-20(26)29-16-17-8-6-5-7-9-17/h5-9,18-19H,10-16H2,1-4H3,(H,22,26). The zero-order valence-electron chi connectivity index (χ0n) is 18.4. The van der Waals surface area contributed by atoms with Crippen molar-refractivity contribution in [2.45, 2.75) is 57.8 Å². The van der Waals surface area contributed by atoms with E-state index in [0.29, 0.717) is 25.9 Å². The molecule has 0 atom stereocenters. The number of rotatable bonds is 6. The number of carbonyl (C=O) groups is 1. The second-order valence-electron chi connectivity index (χ2n) is 9.13. The van der Waals surface area contributed by atoms with E-state index in [4.69, 9.17) is 4.74 Å². The highest BCUT2D eigenvalue weighted by molar-refractivity contribution is 7.86. The monoisotopic (exact) mass is 438 g/mol. The van der Waals surface area contributed by atoms with Gasteiger partial charge in [0, 0.05) is 44.8 Å². The number of ether oxygens (including phenoxy) is 1. The van der Waals surface area contributed by atoms with E-state index in [1.807, 2.05) is 30.3 Å². The van der Waals surface area contributed by atoms with Crippen molar-refractivity contribution < 1.29 is 17.9 Å². The second kappa shape index (κ2) is 9.21. The topological polar surface area (TPSA) is 82.2 Å². The van der Waals surface area contributed by atoms with Crippen LogP contribution < -0.4 is 5.32 Å². The molecule has 168 valence electrons. The molecule has 0 bridgehead atoms. The van der Waals surface area contributed by atoms with E-state index in [0.717, 1.165) is 18.7 Å². The SMILES string of the molecule is CN(C1CN(C(C)(C)C)C1)S(=O)(=O)N1CCC(NC(=O)OCc2ccccc2)CC1. The van der Waals surface area contributed by atoms with Crippen molar-refractivity contribution in [1.29, 1.82) is 0 Å². The van der Waals surface area contributed by atoms with E-state index < -0.39 is 16.3 Å². The molecule has 0 radical (unpaired) electrons. The first-order chi connectivity index (χ1) is 14.1. The van der Waals surface area contributed by atoms with Crippen molar-refractivity contribution in [3.8, 4) is 0 Å². The summed E-state index contributed by atoms with van der Waals surface area (Å²) in [4.78, 5) is 14.3. The van der Waals surface area contributed by atoms with Gasteiger partial charge in [-0.1, -0.05) is 30.3 Å². The van der Waals surface area contributed by atoms with Crippen LogP contribution in [0.2, 0.25) is 0 Å². The molecule has 9 heteroatoms. The van der Waals surface area contributed by atoms with Crippen molar-refractivity contribution in [3.63, 3.8) is 0 Å². The Morgan fingerprint density at radius 3 is 2.33 bits per heavy atom. The minimum absolute atomic E-state index is 0.0121. The maximum Gasteiger partial charge on any atom is 0.407 e. The lowest BCUT2D eigenvalue weighted by atomic mass is 9.98. The number of carbonyl (C=O) groups excluding carboxylic acids is 1. The summed E-state index contributed by atoms with van der Waals surface area (Å²) in [7, 11) is -1.82. The molecule has 2 aliphatic heterocycles. The summed E-state index contributed by atoms with van der Waals surface area (Å²) < 4.78 is 34.3. The zero-order valence-corrected chi connectivity index (χ0v) is 19.2. The lowest BCUT2D eigenvalue weighted by Crippen LogP contribution is -2.66. The number of alkyl carbamates (subject to hydrolysis) is 1. The van der Waals surface area contributed by atoms with Crippen LogP contribution >= 0.6 is 0 Å². The van der Waals surface area contributed by atoms with Gasteiger partial charge in [0.1, 0.15) is 6.61 Å². The molecule has 30 heavy (non-hydrogen) atoms. The van der Waals surface area contributed by atoms with Crippen LogP contribution in [0, 0.1) is 0 Å². The normalized spacial score (nSPS) is 20.2. The molecule has 1 N–H and O–H groups in total. The Morgan fingerprint density at radius 1 is 1.17 bits per heavy atom. The Kier molecular flexibility index (Phi) is 7.06. The number of likely N-dealkylation sites (N-methyl/N-ethyl adjacent to an activating group) is 1. The minimum atomic E-state index is -3.49. The number of amides is 1. The van der Waals surface area contributed by atoms with Gasteiger partial charge in [0.15, 0.2) is 0 Å². The van der Waals surface area contributed by atoms with E-state index in [1.54, 1.807) is 7.05 Å². The average molecular weight is 439 g/mol. The molecule has 1 aromatic carbocycles. The molecule has 8 nitrogen and oxygen atoms in total. The Balaban J connectivity index is 1.42. The maximum atomic E-state index is 13.0. The number of benzene rings is 1. The summed E-state index contributed by atoms with van der Waals surface area (Å²) in [5.41, 5.74) is 0.984. The first-order valence-electron chi connectivity index (χ1n) is 10.5. The summed E-state index contributed by atoms with van der Waals surface area (Å²) in [6.07, 6.45) is 0.687. The van der Waals surface area contributed by atoms with E-state index >= 15 is 0 Å². The molecular formula is C21H34N4O4S. The van der Waals surface area contributed by atoms with E-state index in [-0.39, 0.29) is 24.2 Å². The van der Waals surface area contributed by atoms with Crippen LogP contribution in [0.4, 0.5) is 4.79 Å². The van der Waals surface area contributed by atoms with Gasteiger partial charge in [-0.2, -0.15) is 17.0 Å². The van der Waals surface area contributed by atoms with Crippen LogP contribution in [0.3, 0.4) is 0 Å². The van der Waals surface area contributed by atoms with Crippen molar-refractivity contribution >= 4 is 16.3 Å². The second-order valence-corrected chi connectivity index (χ2v) is 11.1. The number of hydrogen-bond acceptors (Lipinski definition) is 5. The van der Waals surface area contributed by atoms with Crippen LogP contribution in [-0.2, 0) is 21.6 Å². The summed E-state index contributed by atoms with van der Waals surface area (Å²) in [6, 6.07) is 9.44. The Labute approximate surface area is 180 Å². The predicted octanol–water partition coefficient (Wildman–Crippen LogP) is 2.04. The molecule has 2 aliphatic rings. The van der Waals surface area contributed by atoms with Crippen molar-refractivity contribution in [2.75, 3.05) is 33.2 Å². The quantitative estimate of drug-likeness (QED) is 0.735. The molecule has 0 spiro atoms. The van der Waals surface area contributed by atoms with Gasteiger partial charge >= 0.3 is 6.09 Å². The third-order valence-corrected chi connectivity index (χ3v) is 8.05. The summed E-state index contributed by atoms with van der Waals surface area (Å²) in [6.45, 7) is 8.94. The highest BCUT2D eigenvalue weighted by Gasteiger charge is 2.42. The predicted molar refractivity (Wildman–Crippen MR) is 116 cm³/mol. The van der Waals surface area contributed by atoms with Gasteiger partial charge in [-0.05, 0) is 39.2 Å². The Bertz CT molecular complexity index is 811. The molecular weight excluding hydrogens is 404 g/mol. The molecule has 1 amide bonds. The molecule has 0 aliphatic carbocycles. The number of nitrogens with zero attached hydrogens (tertiary/aromatic N) is 3. The summed E-state index contributed by atoms with van der Waals surface area (Å²) >= 11 is 0. The fraction of sp³-hybridized carbons (Fsp3) is 0.667. The van der Waals surface area contributed by atoms with E-state index in [9.17, 15) is 13.2 Å². The summed E-state index contributed by atoms with van der Waals surface area (Å²) in [5.74, 6) is 0. The van der Waals surface area contributed by atoms with Crippen LogP contribution in [0.1, 0.15) is 39.2 Å². The largest absolute Gasteiger partial charge is 0.445 e. The number of hydrogen-bond donors (Lipinski definition) is 1. The van der Waals surface area contributed by atoms with Crippen LogP contribution in [0.25, 0.3) is 0 Å². The molecule has 2 fully saturated rings. The van der Waals surface area contributed by atoms with Gasteiger partial charge in [0.2, 0.25) is 0 Å². The highest BCUT2D eigenvalue weighted by Crippen LogP contribution is 2.27. The lowest BCUT2D eigenvalue weighted by Gasteiger charge is -2.50. The van der Waals surface area contributed by atoms with Gasteiger partial charge in [0.05, 0.1) is 6.04 Å². The number of nitrogens with one attached hydrogen (secondary N) is 1. The van der Waals surface area contributed by atoms with Gasteiger partial charge in [-0.3, -0.25) is 4.90 Å². The van der Waals surface area contributed by atoms with Crippen molar-refractivity contribution in [1.82, 2.24) is 18.8 Å². The lowest BCUT2D eigenvalue weighted by molar-refractivity contribution is 0.0105. The fourth-order valence-corrected chi connectivity index (χ4v) is 5.31. The first kappa shape index (κ1) is 23.0. The number of likely N-dealkylation sites (tertiary alicyclic amines) is 1. The van der Waals surface area contributed by atoms with Gasteiger partial charge in [-0.15, -0.1) is 0 Å². The Hall–Kier alpha value is -1.68. The first-order valence-corrected chi connectivity index (χ1v) is 11.9. The highest BCUT2D eigenvalue weighted by atomic mass is 32.2. The van der Waals surface area contributed by atoms with Crippen molar-refractivity contribution in [3.05, 3.63) is 35.9 Å². The fourth-order valence-electron chi connectivity index (χ4n) is 3.77. The van der Waals surface area contributed by atoms with Crippen molar-refractivity contribution in [2.24, 2.45) is 0 Å². The molecule has 2 heterocycles. The Morgan fingerprint density at radius 2 is 1.77 bits per heavy atom. The molecule has 1 aromatic rings. The maximum absolute atomic E-state index is 13.0. The molecule has 3 rings (SSSR count). The smallest absolute Gasteiger partial charge is 0.407 e. The zero-order chi connectivity index (χ0) is 21.9. The molecule has 0 unspecified atom stereocenters. The van der Waals surface area contributed by atoms with Crippen LogP contribution in [-0.4, -0.2) is 78.9 Å². The third kappa shape index (κ3) is 5.51. The van der Waals surface area contributed by atoms with Gasteiger partial charge in [0.25, 0.3) is 10.2 Å². The molecule has 0 saturated carbocycles. The molecule has 0 aromatic heterocycles. The van der Waals surface area contributed by atoms with Crippen LogP contribution in [0.15, 0.2) is 30.3 Å². The van der Waals surface area contributed by atoms with E-state index in [1.165, 1.54) is 8.61 Å². The minimum Gasteiger partial charge on any atom is -0.445 e.